The Labute approximate surface area is 146 Å². The molecule has 1 aromatic rings. The Balaban J connectivity index is 1.36. The molecule has 1 aromatic carbocycles. The van der Waals surface area contributed by atoms with Crippen LogP contribution in [0.15, 0.2) is 24.3 Å². The molecule has 0 radical (unpaired) electrons. The number of benzene rings is 1. The summed E-state index contributed by atoms with van der Waals surface area (Å²) in [5, 5.41) is 13.4. The average Bonchev–Trinajstić information content (AvgIpc) is 2.62. The molecule has 1 unspecified atom stereocenters. The van der Waals surface area contributed by atoms with Crippen molar-refractivity contribution in [3.05, 3.63) is 29.8 Å². The number of ether oxygens (including phenoxy) is 1. The maximum atomic E-state index is 9.54. The van der Waals surface area contributed by atoms with Crippen molar-refractivity contribution in [2.45, 2.75) is 82.9 Å². The van der Waals surface area contributed by atoms with Crippen molar-refractivity contribution in [1.82, 2.24) is 5.32 Å². The Bertz CT molecular complexity index is 471. The number of rotatable bonds is 6. The van der Waals surface area contributed by atoms with Gasteiger partial charge in [0, 0.05) is 12.1 Å². The second-order valence-electron chi connectivity index (χ2n) is 7.78. The van der Waals surface area contributed by atoms with E-state index < -0.39 is 6.10 Å². The summed E-state index contributed by atoms with van der Waals surface area (Å²) < 4.78 is 5.96. The second-order valence-corrected chi connectivity index (χ2v) is 7.78. The fourth-order valence-corrected chi connectivity index (χ4v) is 4.16. The smallest absolute Gasteiger partial charge is 0.119 e. The van der Waals surface area contributed by atoms with Crippen LogP contribution in [0, 0.1) is 5.92 Å². The molecule has 2 N–H and O–H groups in total. The highest BCUT2D eigenvalue weighted by molar-refractivity contribution is 5.28. The molecule has 2 saturated carbocycles. The van der Waals surface area contributed by atoms with E-state index in [1.807, 2.05) is 24.3 Å². The molecule has 24 heavy (non-hydrogen) atoms. The van der Waals surface area contributed by atoms with Gasteiger partial charge in [0.15, 0.2) is 0 Å². The van der Waals surface area contributed by atoms with Crippen LogP contribution in [0.2, 0.25) is 0 Å². The summed E-state index contributed by atoms with van der Waals surface area (Å²) in [5.41, 5.74) is 0.941. The van der Waals surface area contributed by atoms with Crippen LogP contribution in [0.5, 0.6) is 5.75 Å². The van der Waals surface area contributed by atoms with Crippen molar-refractivity contribution < 1.29 is 9.84 Å². The molecular weight excluding hydrogens is 298 g/mol. The highest BCUT2D eigenvalue weighted by atomic mass is 16.5. The highest BCUT2D eigenvalue weighted by Crippen LogP contribution is 2.27. The van der Waals surface area contributed by atoms with Crippen LogP contribution in [0.4, 0.5) is 0 Å². The molecule has 0 bridgehead atoms. The van der Waals surface area contributed by atoms with Crippen LogP contribution in [-0.2, 0) is 0 Å². The first kappa shape index (κ1) is 17.8. The predicted molar refractivity (Wildman–Crippen MR) is 98.3 cm³/mol. The van der Waals surface area contributed by atoms with Crippen LogP contribution in [0.1, 0.15) is 76.4 Å². The lowest BCUT2D eigenvalue weighted by Gasteiger charge is -2.33. The number of nitrogens with one attached hydrogen (secondary N) is 1. The number of hydrogen-bond acceptors (Lipinski definition) is 3. The van der Waals surface area contributed by atoms with Crippen LogP contribution in [0.3, 0.4) is 0 Å². The van der Waals surface area contributed by atoms with Gasteiger partial charge in [0.1, 0.15) is 5.75 Å². The van der Waals surface area contributed by atoms with Crippen molar-refractivity contribution in [3.63, 3.8) is 0 Å². The van der Waals surface area contributed by atoms with E-state index in [1.54, 1.807) is 6.92 Å². The molecule has 0 heterocycles. The molecule has 0 spiro atoms. The molecule has 0 amide bonds. The van der Waals surface area contributed by atoms with Crippen LogP contribution in [-0.4, -0.2) is 23.8 Å². The standard InChI is InChI=1S/C21H33NO2/c1-16(23)18-9-13-21(14-10-18)24-15-17-7-11-20(12-8-17)22-19-5-3-2-4-6-19/h9-10,13-14,16-17,19-20,22-23H,2-8,11-12,15H2,1H3/t16?,17-,20-. The van der Waals surface area contributed by atoms with Gasteiger partial charge < -0.3 is 15.2 Å². The topological polar surface area (TPSA) is 41.5 Å². The van der Waals surface area contributed by atoms with Gasteiger partial charge >= 0.3 is 0 Å². The third kappa shape index (κ3) is 5.22. The van der Waals surface area contributed by atoms with Crippen molar-refractivity contribution in [2.24, 2.45) is 5.92 Å². The Morgan fingerprint density at radius 3 is 2.21 bits per heavy atom. The van der Waals surface area contributed by atoms with Gasteiger partial charge in [-0.1, -0.05) is 31.4 Å². The van der Waals surface area contributed by atoms with Gasteiger partial charge in [0.25, 0.3) is 0 Å². The minimum atomic E-state index is -0.411. The predicted octanol–water partition coefficient (Wildman–Crippen LogP) is 4.60. The fraction of sp³-hybridized carbons (Fsp3) is 0.714. The maximum absolute atomic E-state index is 9.54. The Hall–Kier alpha value is -1.06. The Kier molecular flexibility index (Phi) is 6.56. The zero-order valence-corrected chi connectivity index (χ0v) is 15.0. The third-order valence-electron chi connectivity index (χ3n) is 5.77. The van der Waals surface area contributed by atoms with E-state index in [0.717, 1.165) is 30.0 Å². The second kappa shape index (κ2) is 8.87. The number of aliphatic hydroxyl groups is 1. The summed E-state index contributed by atoms with van der Waals surface area (Å²) in [6.07, 6.45) is 11.7. The van der Waals surface area contributed by atoms with Gasteiger partial charge in [-0.2, -0.15) is 0 Å². The van der Waals surface area contributed by atoms with Gasteiger partial charge in [0.2, 0.25) is 0 Å². The van der Waals surface area contributed by atoms with E-state index in [4.69, 9.17) is 4.74 Å². The monoisotopic (exact) mass is 331 g/mol. The molecule has 3 heteroatoms. The Morgan fingerprint density at radius 2 is 1.58 bits per heavy atom. The largest absolute Gasteiger partial charge is 0.493 e. The molecule has 1 atom stereocenters. The molecule has 0 saturated heterocycles. The molecule has 134 valence electrons. The lowest BCUT2D eigenvalue weighted by Crippen LogP contribution is -2.41. The zero-order chi connectivity index (χ0) is 16.8. The molecular formula is C21H33NO2. The van der Waals surface area contributed by atoms with Crippen LogP contribution < -0.4 is 10.1 Å². The normalized spacial score (nSPS) is 26.9. The van der Waals surface area contributed by atoms with Gasteiger partial charge in [-0.05, 0) is 69.1 Å². The number of aliphatic hydroxyl groups excluding tert-OH is 1. The molecule has 3 rings (SSSR count). The first-order valence-corrected chi connectivity index (χ1v) is 9.87. The van der Waals surface area contributed by atoms with Crippen molar-refractivity contribution in [1.29, 1.82) is 0 Å². The maximum Gasteiger partial charge on any atom is 0.119 e. The summed E-state index contributed by atoms with van der Waals surface area (Å²) in [6.45, 7) is 2.61. The van der Waals surface area contributed by atoms with Crippen molar-refractivity contribution >= 4 is 0 Å². The summed E-state index contributed by atoms with van der Waals surface area (Å²) in [7, 11) is 0. The first-order chi connectivity index (χ1) is 11.7. The summed E-state index contributed by atoms with van der Waals surface area (Å²) >= 11 is 0. The van der Waals surface area contributed by atoms with E-state index in [1.165, 1.54) is 57.8 Å². The summed E-state index contributed by atoms with van der Waals surface area (Å²) in [4.78, 5) is 0. The molecule has 2 fully saturated rings. The van der Waals surface area contributed by atoms with E-state index in [0.29, 0.717) is 5.92 Å². The minimum absolute atomic E-state index is 0.411. The number of hydrogen-bond donors (Lipinski definition) is 2. The fourth-order valence-electron chi connectivity index (χ4n) is 4.16. The Morgan fingerprint density at radius 1 is 0.958 bits per heavy atom. The van der Waals surface area contributed by atoms with Gasteiger partial charge in [0.05, 0.1) is 12.7 Å². The van der Waals surface area contributed by atoms with E-state index >= 15 is 0 Å². The first-order valence-electron chi connectivity index (χ1n) is 9.87. The molecule has 0 aromatic heterocycles. The summed E-state index contributed by atoms with van der Waals surface area (Å²) in [6, 6.07) is 9.35. The highest BCUT2D eigenvalue weighted by Gasteiger charge is 2.24. The van der Waals surface area contributed by atoms with Crippen molar-refractivity contribution in [2.75, 3.05) is 6.61 Å². The van der Waals surface area contributed by atoms with Gasteiger partial charge in [-0.25, -0.2) is 0 Å². The zero-order valence-electron chi connectivity index (χ0n) is 15.0. The molecule has 2 aliphatic rings. The average molecular weight is 332 g/mol. The molecule has 3 nitrogen and oxygen atoms in total. The SMILES string of the molecule is CC(O)c1ccc(OC[C@H]2CC[C@H](NC3CCCCC3)CC2)cc1. The van der Waals surface area contributed by atoms with E-state index in [2.05, 4.69) is 5.32 Å². The van der Waals surface area contributed by atoms with Crippen molar-refractivity contribution in [3.8, 4) is 5.75 Å². The van der Waals surface area contributed by atoms with E-state index in [-0.39, 0.29) is 0 Å². The van der Waals surface area contributed by atoms with E-state index in [9.17, 15) is 5.11 Å². The van der Waals surface area contributed by atoms with Gasteiger partial charge in [-0.15, -0.1) is 0 Å². The molecule has 2 aliphatic carbocycles. The summed E-state index contributed by atoms with van der Waals surface area (Å²) in [5.74, 6) is 1.60. The lowest BCUT2D eigenvalue weighted by molar-refractivity contribution is 0.182. The molecule has 0 aliphatic heterocycles. The van der Waals surface area contributed by atoms with Crippen LogP contribution >= 0.6 is 0 Å². The lowest BCUT2D eigenvalue weighted by atomic mass is 9.85. The van der Waals surface area contributed by atoms with Crippen LogP contribution in [0.25, 0.3) is 0 Å². The van der Waals surface area contributed by atoms with Gasteiger partial charge in [-0.3, -0.25) is 0 Å². The minimum Gasteiger partial charge on any atom is -0.493 e. The quantitative estimate of drug-likeness (QED) is 0.800. The third-order valence-corrected chi connectivity index (χ3v) is 5.77.